The lowest BCUT2D eigenvalue weighted by atomic mass is 10.1. The van der Waals surface area contributed by atoms with E-state index in [2.05, 4.69) is 10.3 Å². The van der Waals surface area contributed by atoms with E-state index in [1.165, 1.54) is 6.08 Å². The first-order valence-electron chi connectivity index (χ1n) is 7.48. The van der Waals surface area contributed by atoms with E-state index in [1.807, 2.05) is 30.5 Å². The monoisotopic (exact) mass is 322 g/mol. The largest absolute Gasteiger partial charge is 0.497 e. The molecule has 1 heterocycles. The summed E-state index contributed by atoms with van der Waals surface area (Å²) in [5.74, 6) is 0.978. The number of hydrogen-bond acceptors (Lipinski definition) is 3. The number of anilines is 1. The Balaban J connectivity index is 1.76. The third kappa shape index (κ3) is 3.25. The van der Waals surface area contributed by atoms with Crippen molar-refractivity contribution in [3.8, 4) is 11.5 Å². The number of nitrogens with one attached hydrogen (secondary N) is 2. The van der Waals surface area contributed by atoms with Crippen molar-refractivity contribution < 1.29 is 14.3 Å². The average molecular weight is 322 g/mol. The minimum atomic E-state index is -0.233. The molecule has 2 aromatic carbocycles. The molecule has 5 heteroatoms. The number of benzene rings is 2. The lowest BCUT2D eigenvalue weighted by molar-refractivity contribution is -0.111. The van der Waals surface area contributed by atoms with Gasteiger partial charge in [-0.3, -0.25) is 4.79 Å². The second-order valence-electron chi connectivity index (χ2n) is 5.18. The maximum atomic E-state index is 12.2. The Kier molecular flexibility index (Phi) is 4.52. The van der Waals surface area contributed by atoms with Gasteiger partial charge >= 0.3 is 0 Å². The van der Waals surface area contributed by atoms with Gasteiger partial charge in [0.2, 0.25) is 5.91 Å². The zero-order chi connectivity index (χ0) is 16.9. The molecule has 0 aliphatic heterocycles. The van der Waals surface area contributed by atoms with Crippen LogP contribution >= 0.6 is 0 Å². The van der Waals surface area contributed by atoms with Gasteiger partial charge in [0.1, 0.15) is 11.5 Å². The summed E-state index contributed by atoms with van der Waals surface area (Å²) in [6.45, 7) is 0. The fourth-order valence-corrected chi connectivity index (χ4v) is 2.47. The van der Waals surface area contributed by atoms with E-state index in [-0.39, 0.29) is 5.91 Å². The molecule has 122 valence electrons. The fourth-order valence-electron chi connectivity index (χ4n) is 2.47. The average Bonchev–Trinajstić information content (AvgIpc) is 3.03. The van der Waals surface area contributed by atoms with Crippen molar-refractivity contribution >= 4 is 28.6 Å². The molecule has 0 radical (unpaired) electrons. The van der Waals surface area contributed by atoms with Crippen molar-refractivity contribution in [2.24, 2.45) is 0 Å². The third-order valence-corrected chi connectivity index (χ3v) is 3.70. The smallest absolute Gasteiger partial charge is 0.248 e. The summed E-state index contributed by atoms with van der Waals surface area (Å²) in [5.41, 5.74) is 2.59. The number of H-pyrrole nitrogens is 1. The molecule has 0 bridgehead atoms. The van der Waals surface area contributed by atoms with Gasteiger partial charge < -0.3 is 19.8 Å². The number of methoxy groups -OCH3 is 2. The van der Waals surface area contributed by atoms with Gasteiger partial charge in [-0.05, 0) is 29.8 Å². The highest BCUT2D eigenvalue weighted by molar-refractivity contribution is 6.04. The summed E-state index contributed by atoms with van der Waals surface area (Å²) >= 11 is 0. The number of carbonyl (C=O) groups is 1. The molecule has 1 aromatic heterocycles. The van der Waals surface area contributed by atoms with Crippen LogP contribution in [0.1, 0.15) is 5.56 Å². The van der Waals surface area contributed by atoms with Gasteiger partial charge in [-0.15, -0.1) is 0 Å². The van der Waals surface area contributed by atoms with Crippen LogP contribution in [0.2, 0.25) is 0 Å². The molecular formula is C19H18N2O3. The molecule has 0 fully saturated rings. The van der Waals surface area contributed by atoms with Gasteiger partial charge in [-0.25, -0.2) is 0 Å². The second kappa shape index (κ2) is 6.91. The first-order valence-corrected chi connectivity index (χ1v) is 7.48. The van der Waals surface area contributed by atoms with Crippen molar-refractivity contribution in [2.75, 3.05) is 19.5 Å². The fraction of sp³-hybridized carbons (Fsp3) is 0.105. The molecule has 5 nitrogen and oxygen atoms in total. The lowest BCUT2D eigenvalue weighted by Gasteiger charge is -2.10. The van der Waals surface area contributed by atoms with Crippen LogP contribution < -0.4 is 14.8 Å². The van der Waals surface area contributed by atoms with Gasteiger partial charge in [0.25, 0.3) is 0 Å². The van der Waals surface area contributed by atoms with Crippen LogP contribution in [0.3, 0.4) is 0 Å². The normalized spacial score (nSPS) is 10.9. The Morgan fingerprint density at radius 3 is 2.75 bits per heavy atom. The zero-order valence-corrected chi connectivity index (χ0v) is 13.5. The summed E-state index contributed by atoms with van der Waals surface area (Å²) in [6.07, 6.45) is 5.16. The van der Waals surface area contributed by atoms with Crippen LogP contribution in [0.25, 0.3) is 17.0 Å². The Hall–Kier alpha value is -3.21. The van der Waals surface area contributed by atoms with Gasteiger partial charge in [0.15, 0.2) is 0 Å². The van der Waals surface area contributed by atoms with Crippen molar-refractivity contribution in [3.63, 3.8) is 0 Å². The Morgan fingerprint density at radius 1 is 1.12 bits per heavy atom. The molecule has 0 saturated heterocycles. The molecule has 0 saturated carbocycles. The van der Waals surface area contributed by atoms with Crippen molar-refractivity contribution in [3.05, 3.63) is 60.3 Å². The van der Waals surface area contributed by atoms with E-state index < -0.39 is 0 Å². The first-order chi connectivity index (χ1) is 11.7. The summed E-state index contributed by atoms with van der Waals surface area (Å²) in [6, 6.07) is 13.2. The molecule has 3 rings (SSSR count). The number of para-hydroxylation sites is 1. The molecule has 0 unspecified atom stereocenters. The van der Waals surface area contributed by atoms with Gasteiger partial charge in [-0.2, -0.15) is 0 Å². The van der Waals surface area contributed by atoms with Crippen molar-refractivity contribution in [2.45, 2.75) is 0 Å². The summed E-state index contributed by atoms with van der Waals surface area (Å²) in [4.78, 5) is 15.3. The standard InChI is InChI=1S/C19H18N2O3/c1-23-14-8-9-17(18(11-14)24-2)21-19(22)10-7-13-12-20-16-6-4-3-5-15(13)16/h3-12,20H,1-2H3,(H,21,22)/b10-7+. The molecule has 0 spiro atoms. The van der Waals surface area contributed by atoms with E-state index in [0.717, 1.165) is 16.5 Å². The van der Waals surface area contributed by atoms with Gasteiger partial charge in [0.05, 0.1) is 19.9 Å². The Labute approximate surface area is 139 Å². The van der Waals surface area contributed by atoms with Crippen LogP contribution in [0, 0.1) is 0 Å². The number of hydrogen-bond donors (Lipinski definition) is 2. The maximum absolute atomic E-state index is 12.2. The molecular weight excluding hydrogens is 304 g/mol. The molecule has 1 amide bonds. The number of aromatic amines is 1. The number of ether oxygens (including phenoxy) is 2. The van der Waals surface area contributed by atoms with E-state index in [0.29, 0.717) is 17.2 Å². The number of amides is 1. The zero-order valence-electron chi connectivity index (χ0n) is 13.5. The molecule has 2 N–H and O–H groups in total. The third-order valence-electron chi connectivity index (χ3n) is 3.70. The SMILES string of the molecule is COc1ccc(NC(=O)/C=C/c2c[nH]c3ccccc23)c(OC)c1. The lowest BCUT2D eigenvalue weighted by Crippen LogP contribution is -2.08. The van der Waals surface area contributed by atoms with Crippen LogP contribution in [0.5, 0.6) is 11.5 Å². The maximum Gasteiger partial charge on any atom is 0.248 e. The number of aromatic nitrogens is 1. The molecule has 24 heavy (non-hydrogen) atoms. The molecule has 3 aromatic rings. The van der Waals surface area contributed by atoms with Crippen LogP contribution in [-0.2, 0) is 4.79 Å². The Bertz CT molecular complexity index is 897. The predicted octanol–water partition coefficient (Wildman–Crippen LogP) is 3.84. The second-order valence-corrected chi connectivity index (χ2v) is 5.18. The summed E-state index contributed by atoms with van der Waals surface area (Å²) < 4.78 is 10.4. The van der Waals surface area contributed by atoms with Crippen LogP contribution in [-0.4, -0.2) is 25.1 Å². The molecule has 0 aliphatic carbocycles. The van der Waals surface area contributed by atoms with Crippen molar-refractivity contribution in [1.82, 2.24) is 4.98 Å². The van der Waals surface area contributed by atoms with Gasteiger partial charge in [0, 0.05) is 29.2 Å². The molecule has 0 aliphatic rings. The van der Waals surface area contributed by atoms with E-state index in [9.17, 15) is 4.79 Å². The van der Waals surface area contributed by atoms with Crippen LogP contribution in [0.15, 0.2) is 54.7 Å². The van der Waals surface area contributed by atoms with Crippen LogP contribution in [0.4, 0.5) is 5.69 Å². The Morgan fingerprint density at radius 2 is 1.96 bits per heavy atom. The number of rotatable bonds is 5. The predicted molar refractivity (Wildman–Crippen MR) is 95.5 cm³/mol. The highest BCUT2D eigenvalue weighted by Crippen LogP contribution is 2.29. The van der Waals surface area contributed by atoms with E-state index >= 15 is 0 Å². The molecule has 0 atom stereocenters. The topological polar surface area (TPSA) is 63.3 Å². The highest BCUT2D eigenvalue weighted by atomic mass is 16.5. The number of carbonyl (C=O) groups excluding carboxylic acids is 1. The van der Waals surface area contributed by atoms with Gasteiger partial charge in [-0.1, -0.05) is 18.2 Å². The highest BCUT2D eigenvalue weighted by Gasteiger charge is 2.07. The van der Waals surface area contributed by atoms with E-state index in [1.54, 1.807) is 38.5 Å². The quantitative estimate of drug-likeness (QED) is 0.702. The minimum Gasteiger partial charge on any atom is -0.497 e. The van der Waals surface area contributed by atoms with Crippen molar-refractivity contribution in [1.29, 1.82) is 0 Å². The summed E-state index contributed by atoms with van der Waals surface area (Å²) in [7, 11) is 3.13. The minimum absolute atomic E-state index is 0.233. The van der Waals surface area contributed by atoms with E-state index in [4.69, 9.17) is 9.47 Å². The summed E-state index contributed by atoms with van der Waals surface area (Å²) in [5, 5.41) is 3.88. The number of fused-ring (bicyclic) bond motifs is 1. The first kappa shape index (κ1) is 15.7.